The molecule has 2 amide bonds. The van der Waals surface area contributed by atoms with E-state index >= 15 is 0 Å². The number of carbonyl (C=O) groups excluding carboxylic acids is 2. The summed E-state index contributed by atoms with van der Waals surface area (Å²) in [5.74, 6) is -2.52. The van der Waals surface area contributed by atoms with E-state index in [0.29, 0.717) is 17.7 Å². The largest absolute Gasteiger partial charge is 0.410 e. The summed E-state index contributed by atoms with van der Waals surface area (Å²) in [5, 5.41) is 0. The fourth-order valence-corrected chi connectivity index (χ4v) is 2.71. The van der Waals surface area contributed by atoms with Gasteiger partial charge in [0.1, 0.15) is 6.04 Å². The van der Waals surface area contributed by atoms with Gasteiger partial charge in [-0.2, -0.15) is 13.2 Å². The molecule has 7 heteroatoms. The Morgan fingerprint density at radius 1 is 1.24 bits per heavy atom. The highest BCUT2D eigenvalue weighted by molar-refractivity contribution is 6.05. The van der Waals surface area contributed by atoms with E-state index in [0.717, 1.165) is 6.42 Å². The van der Waals surface area contributed by atoms with E-state index in [1.165, 1.54) is 0 Å². The van der Waals surface area contributed by atoms with Crippen molar-refractivity contribution >= 4 is 11.8 Å². The Bertz CT molecular complexity index is 334. The molecule has 3 atom stereocenters. The van der Waals surface area contributed by atoms with Gasteiger partial charge in [0.25, 0.3) is 0 Å². The maximum atomic E-state index is 12.7. The van der Waals surface area contributed by atoms with Crippen LogP contribution >= 0.6 is 0 Å². The third kappa shape index (κ3) is 1.82. The number of imide groups is 1. The molecular weight excluding hydrogens is 237 g/mol. The van der Waals surface area contributed by atoms with Gasteiger partial charge in [-0.3, -0.25) is 14.5 Å². The molecule has 4 nitrogen and oxygen atoms in total. The maximum Gasteiger partial charge on any atom is 0.410 e. The molecule has 2 rings (SSSR count). The van der Waals surface area contributed by atoms with E-state index in [1.807, 2.05) is 0 Å². The zero-order valence-electron chi connectivity index (χ0n) is 9.04. The van der Waals surface area contributed by atoms with Gasteiger partial charge in [0.2, 0.25) is 11.8 Å². The third-order valence-electron chi connectivity index (χ3n) is 3.54. The van der Waals surface area contributed by atoms with Crippen LogP contribution in [0.4, 0.5) is 13.2 Å². The molecule has 1 saturated carbocycles. The zero-order valence-corrected chi connectivity index (χ0v) is 9.04. The number of hydrogen-bond acceptors (Lipinski definition) is 3. The van der Waals surface area contributed by atoms with Gasteiger partial charge in [0, 0.05) is 6.54 Å². The van der Waals surface area contributed by atoms with Crippen LogP contribution in [-0.2, 0) is 9.59 Å². The number of amides is 2. The number of carbonyl (C=O) groups is 2. The molecule has 2 aliphatic rings. The van der Waals surface area contributed by atoms with Crippen molar-refractivity contribution in [3.8, 4) is 0 Å². The molecule has 0 bridgehead atoms. The molecule has 1 saturated heterocycles. The number of nitrogens with two attached hydrogens (primary N) is 1. The van der Waals surface area contributed by atoms with Crippen molar-refractivity contribution in [1.82, 2.24) is 4.90 Å². The first-order chi connectivity index (χ1) is 7.88. The van der Waals surface area contributed by atoms with Crippen molar-refractivity contribution in [2.24, 2.45) is 17.6 Å². The highest BCUT2D eigenvalue weighted by Gasteiger charge is 2.57. The fraction of sp³-hybridized carbons (Fsp3) is 0.800. The van der Waals surface area contributed by atoms with Gasteiger partial charge in [-0.25, -0.2) is 0 Å². The Morgan fingerprint density at radius 2 is 1.71 bits per heavy atom. The molecule has 1 aliphatic heterocycles. The number of rotatable bonds is 2. The molecule has 1 aliphatic carbocycles. The highest BCUT2D eigenvalue weighted by Crippen LogP contribution is 2.42. The number of fused-ring (bicyclic) bond motifs is 1. The summed E-state index contributed by atoms with van der Waals surface area (Å²) in [6.45, 7) is -0.777. The van der Waals surface area contributed by atoms with Crippen LogP contribution < -0.4 is 5.73 Å². The highest BCUT2D eigenvalue weighted by atomic mass is 19.4. The monoisotopic (exact) mass is 250 g/mol. The molecule has 17 heavy (non-hydrogen) atoms. The minimum atomic E-state index is -4.65. The van der Waals surface area contributed by atoms with E-state index in [-0.39, 0.29) is 0 Å². The second-order valence-corrected chi connectivity index (χ2v) is 4.48. The molecule has 0 spiro atoms. The van der Waals surface area contributed by atoms with Crippen LogP contribution in [0.5, 0.6) is 0 Å². The smallest absolute Gasteiger partial charge is 0.328 e. The third-order valence-corrected chi connectivity index (χ3v) is 3.54. The van der Waals surface area contributed by atoms with Crippen molar-refractivity contribution in [2.45, 2.75) is 31.5 Å². The molecule has 0 aromatic rings. The Balaban J connectivity index is 2.27. The van der Waals surface area contributed by atoms with Gasteiger partial charge in [0.15, 0.2) is 0 Å². The molecule has 2 fully saturated rings. The lowest BCUT2D eigenvalue weighted by Crippen LogP contribution is -2.53. The fourth-order valence-electron chi connectivity index (χ4n) is 2.71. The summed E-state index contributed by atoms with van der Waals surface area (Å²) in [6, 6.07) is -2.17. The van der Waals surface area contributed by atoms with Crippen LogP contribution in [0.1, 0.15) is 19.3 Å². The zero-order chi connectivity index (χ0) is 12.8. The first-order valence-corrected chi connectivity index (χ1v) is 5.51. The van der Waals surface area contributed by atoms with Crippen molar-refractivity contribution < 1.29 is 22.8 Å². The van der Waals surface area contributed by atoms with Gasteiger partial charge in [-0.1, -0.05) is 6.42 Å². The molecule has 0 aromatic carbocycles. The van der Waals surface area contributed by atoms with Crippen LogP contribution in [0.2, 0.25) is 0 Å². The first-order valence-electron chi connectivity index (χ1n) is 5.51. The van der Waals surface area contributed by atoms with E-state index in [9.17, 15) is 22.8 Å². The minimum absolute atomic E-state index is 0.342. The second kappa shape index (κ2) is 3.97. The summed E-state index contributed by atoms with van der Waals surface area (Å²) < 4.78 is 38.0. The first kappa shape index (κ1) is 12.3. The average molecular weight is 250 g/mol. The number of likely N-dealkylation sites (tertiary alicyclic amines) is 1. The maximum absolute atomic E-state index is 12.7. The van der Waals surface area contributed by atoms with Crippen LogP contribution in [0.25, 0.3) is 0 Å². The lowest BCUT2D eigenvalue weighted by Gasteiger charge is -2.27. The number of halogens is 3. The summed E-state index contributed by atoms with van der Waals surface area (Å²) in [7, 11) is 0. The van der Waals surface area contributed by atoms with Gasteiger partial charge in [-0.05, 0) is 12.8 Å². The molecule has 1 heterocycles. The molecular formula is C10H13F3N2O2. The van der Waals surface area contributed by atoms with Crippen LogP contribution in [-0.4, -0.2) is 35.5 Å². The molecule has 3 unspecified atom stereocenters. The Labute approximate surface area is 95.9 Å². The summed E-state index contributed by atoms with van der Waals surface area (Å²) in [5.41, 5.74) is 5.05. The van der Waals surface area contributed by atoms with Crippen molar-refractivity contribution in [2.75, 3.05) is 6.54 Å². The lowest BCUT2D eigenvalue weighted by molar-refractivity contribution is -0.189. The Morgan fingerprint density at radius 3 is 2.06 bits per heavy atom. The number of alkyl halides is 3. The normalized spacial score (nSPS) is 30.9. The summed E-state index contributed by atoms with van der Waals surface area (Å²) in [4.78, 5) is 23.9. The molecule has 0 radical (unpaired) electrons. The van der Waals surface area contributed by atoms with Crippen LogP contribution in [0.3, 0.4) is 0 Å². The number of nitrogens with zero attached hydrogens (tertiary/aromatic N) is 1. The predicted molar refractivity (Wildman–Crippen MR) is 51.6 cm³/mol. The molecule has 96 valence electrons. The average Bonchev–Trinajstić information content (AvgIpc) is 2.77. The van der Waals surface area contributed by atoms with Crippen molar-refractivity contribution in [3.05, 3.63) is 0 Å². The predicted octanol–water partition coefficient (Wildman–Crippen LogP) is 0.661. The van der Waals surface area contributed by atoms with Gasteiger partial charge < -0.3 is 5.73 Å². The van der Waals surface area contributed by atoms with Crippen LogP contribution in [0.15, 0.2) is 0 Å². The van der Waals surface area contributed by atoms with Crippen molar-refractivity contribution in [3.63, 3.8) is 0 Å². The van der Waals surface area contributed by atoms with E-state index in [1.54, 1.807) is 0 Å². The SMILES string of the molecule is NCC(N1C(=O)C2CCCC2C1=O)C(F)(F)F. The lowest BCUT2D eigenvalue weighted by atomic mass is 10.00. The Hall–Kier alpha value is -1.11. The molecule has 0 aromatic heterocycles. The van der Waals surface area contributed by atoms with Gasteiger partial charge in [0.05, 0.1) is 11.8 Å². The van der Waals surface area contributed by atoms with Crippen LogP contribution in [0, 0.1) is 11.8 Å². The standard InChI is InChI=1S/C10H13F3N2O2/c11-10(12,13)7(4-14)15-8(16)5-2-1-3-6(5)9(15)17/h5-7H,1-4,14H2. The quantitative estimate of drug-likeness (QED) is 0.732. The minimum Gasteiger partial charge on any atom is -0.328 e. The van der Waals surface area contributed by atoms with Gasteiger partial charge in [-0.15, -0.1) is 0 Å². The van der Waals surface area contributed by atoms with E-state index in [4.69, 9.17) is 5.73 Å². The topological polar surface area (TPSA) is 63.4 Å². The van der Waals surface area contributed by atoms with Gasteiger partial charge >= 0.3 is 6.18 Å². The second-order valence-electron chi connectivity index (χ2n) is 4.48. The van der Waals surface area contributed by atoms with E-state index < -0.39 is 42.4 Å². The number of hydrogen-bond donors (Lipinski definition) is 1. The Kier molecular flexibility index (Phi) is 2.89. The van der Waals surface area contributed by atoms with E-state index in [2.05, 4.69) is 0 Å². The summed E-state index contributed by atoms with van der Waals surface area (Å²) >= 11 is 0. The molecule has 2 N–H and O–H groups in total. The van der Waals surface area contributed by atoms with Crippen molar-refractivity contribution in [1.29, 1.82) is 0 Å². The summed E-state index contributed by atoms with van der Waals surface area (Å²) in [6.07, 6.45) is -2.93.